The molecule has 130 valence electrons. The Kier molecular flexibility index (Phi) is 6.11. The molecule has 24 heavy (non-hydrogen) atoms. The number of halogens is 3. The molecule has 1 aromatic heterocycles. The zero-order chi connectivity index (χ0) is 17.9. The molecule has 9 heteroatoms. The standard InChI is InChI=1S/C15H15F3N2O2S2/c1-3-22-12(21)7-20(2)11(23)5-4-10-19-14-13(18)8(16)6-9(17)15(14)24-10/h6H,3-5,7H2,1-2H3. The number of carbonyl (C=O) groups excluding carboxylic acids is 1. The molecule has 0 aliphatic carbocycles. The zero-order valence-corrected chi connectivity index (χ0v) is 14.7. The highest BCUT2D eigenvalue weighted by molar-refractivity contribution is 7.80. The van der Waals surface area contributed by atoms with Gasteiger partial charge in [0.15, 0.2) is 11.6 Å². The lowest BCUT2D eigenvalue weighted by Gasteiger charge is -2.18. The van der Waals surface area contributed by atoms with Crippen molar-refractivity contribution < 1.29 is 22.7 Å². The van der Waals surface area contributed by atoms with E-state index in [-0.39, 0.29) is 22.7 Å². The van der Waals surface area contributed by atoms with E-state index in [1.54, 1.807) is 18.9 Å². The number of fused-ring (bicyclic) bond motifs is 1. The van der Waals surface area contributed by atoms with Crippen molar-refractivity contribution in [3.05, 3.63) is 28.5 Å². The van der Waals surface area contributed by atoms with Crippen molar-refractivity contribution in [3.63, 3.8) is 0 Å². The van der Waals surface area contributed by atoms with Crippen LogP contribution in [0.1, 0.15) is 18.4 Å². The molecule has 0 saturated heterocycles. The molecule has 0 amide bonds. The van der Waals surface area contributed by atoms with Crippen LogP contribution in [0.25, 0.3) is 10.2 Å². The molecular formula is C15H15F3N2O2S2. The van der Waals surface area contributed by atoms with Gasteiger partial charge in [-0.25, -0.2) is 18.2 Å². The summed E-state index contributed by atoms with van der Waals surface area (Å²) in [4.78, 5) is 17.4. The van der Waals surface area contributed by atoms with Gasteiger partial charge in [0, 0.05) is 26.0 Å². The van der Waals surface area contributed by atoms with Crippen LogP contribution in [0.15, 0.2) is 6.07 Å². The number of esters is 1. The average molecular weight is 376 g/mol. The summed E-state index contributed by atoms with van der Waals surface area (Å²) in [5, 5.41) is 0.445. The minimum Gasteiger partial charge on any atom is -0.465 e. The Hall–Kier alpha value is -1.74. The van der Waals surface area contributed by atoms with Crippen LogP contribution in [0, 0.1) is 17.5 Å². The summed E-state index contributed by atoms with van der Waals surface area (Å²) in [5.41, 5.74) is -0.307. The Bertz CT molecular complexity index is 780. The number of hydrogen-bond acceptors (Lipinski definition) is 5. The number of likely N-dealkylation sites (N-methyl/N-ethyl adjacent to an activating group) is 1. The molecule has 0 atom stereocenters. The molecule has 0 radical (unpaired) electrons. The maximum Gasteiger partial charge on any atom is 0.325 e. The lowest BCUT2D eigenvalue weighted by Crippen LogP contribution is -2.32. The Morgan fingerprint density at radius 1 is 1.38 bits per heavy atom. The van der Waals surface area contributed by atoms with E-state index in [2.05, 4.69) is 4.98 Å². The number of aryl methyl sites for hydroxylation is 1. The molecule has 0 saturated carbocycles. The quantitative estimate of drug-likeness (QED) is 0.439. The van der Waals surface area contributed by atoms with Crippen LogP contribution in [0.2, 0.25) is 0 Å². The second kappa shape index (κ2) is 7.89. The van der Waals surface area contributed by atoms with Gasteiger partial charge in [-0.3, -0.25) is 4.79 Å². The van der Waals surface area contributed by atoms with Gasteiger partial charge in [0.2, 0.25) is 0 Å². The van der Waals surface area contributed by atoms with E-state index in [0.29, 0.717) is 35.5 Å². The number of benzene rings is 1. The SMILES string of the molecule is CCOC(=O)CN(C)C(=S)CCc1nc2c(F)c(F)cc(F)c2s1. The molecule has 0 N–H and O–H groups in total. The van der Waals surface area contributed by atoms with Crippen LogP contribution in [0.5, 0.6) is 0 Å². The number of carbonyl (C=O) groups is 1. The number of thiocarbonyl (C=S) groups is 1. The van der Waals surface area contributed by atoms with Crippen molar-refractivity contribution in [2.45, 2.75) is 19.8 Å². The maximum atomic E-state index is 13.7. The predicted molar refractivity (Wildman–Crippen MR) is 89.7 cm³/mol. The average Bonchev–Trinajstić information content (AvgIpc) is 2.95. The van der Waals surface area contributed by atoms with Crippen molar-refractivity contribution in [3.8, 4) is 0 Å². The Balaban J connectivity index is 2.03. The molecule has 2 aromatic rings. The van der Waals surface area contributed by atoms with E-state index in [9.17, 15) is 18.0 Å². The highest BCUT2D eigenvalue weighted by atomic mass is 32.1. The van der Waals surface area contributed by atoms with Gasteiger partial charge in [-0.2, -0.15) is 0 Å². The van der Waals surface area contributed by atoms with Gasteiger partial charge < -0.3 is 9.64 Å². The van der Waals surface area contributed by atoms with Gasteiger partial charge in [-0.1, -0.05) is 12.2 Å². The number of nitrogens with zero attached hydrogens (tertiary/aromatic N) is 2. The molecule has 0 aliphatic rings. The molecule has 0 fully saturated rings. The van der Waals surface area contributed by atoms with E-state index in [0.717, 1.165) is 11.3 Å². The van der Waals surface area contributed by atoms with E-state index in [4.69, 9.17) is 17.0 Å². The van der Waals surface area contributed by atoms with E-state index < -0.39 is 17.5 Å². The Labute approximate surface area is 146 Å². The third-order valence-electron chi connectivity index (χ3n) is 3.21. The van der Waals surface area contributed by atoms with E-state index >= 15 is 0 Å². The maximum absolute atomic E-state index is 13.7. The zero-order valence-electron chi connectivity index (χ0n) is 13.1. The third-order valence-corrected chi connectivity index (χ3v) is 4.85. The topological polar surface area (TPSA) is 42.4 Å². The first-order valence-electron chi connectivity index (χ1n) is 7.16. The molecule has 1 heterocycles. The van der Waals surface area contributed by atoms with Crippen molar-refractivity contribution >= 4 is 44.7 Å². The minimum absolute atomic E-state index is 0.0188. The van der Waals surface area contributed by atoms with Crippen LogP contribution in [-0.2, 0) is 16.0 Å². The molecule has 0 spiro atoms. The van der Waals surface area contributed by atoms with Crippen molar-refractivity contribution in [1.29, 1.82) is 0 Å². The number of thiazole rings is 1. The van der Waals surface area contributed by atoms with Crippen molar-refractivity contribution in [2.24, 2.45) is 0 Å². The highest BCUT2D eigenvalue weighted by Crippen LogP contribution is 2.29. The molecule has 0 bridgehead atoms. The first-order chi connectivity index (χ1) is 11.3. The van der Waals surface area contributed by atoms with Crippen molar-refractivity contribution in [2.75, 3.05) is 20.2 Å². The summed E-state index contributed by atoms with van der Waals surface area (Å²) < 4.78 is 45.3. The normalized spacial score (nSPS) is 10.9. The molecular weight excluding hydrogens is 361 g/mol. The summed E-state index contributed by atoms with van der Waals surface area (Å²) >= 11 is 6.18. The number of aromatic nitrogens is 1. The van der Waals surface area contributed by atoms with Crippen LogP contribution in [0.4, 0.5) is 13.2 Å². The Morgan fingerprint density at radius 2 is 2.08 bits per heavy atom. The number of hydrogen-bond donors (Lipinski definition) is 0. The van der Waals surface area contributed by atoms with Crippen LogP contribution >= 0.6 is 23.6 Å². The van der Waals surface area contributed by atoms with E-state index in [1.165, 1.54) is 0 Å². The third kappa shape index (κ3) is 4.21. The summed E-state index contributed by atoms with van der Waals surface area (Å²) in [6.07, 6.45) is 0.711. The molecule has 4 nitrogen and oxygen atoms in total. The van der Waals surface area contributed by atoms with Gasteiger partial charge in [0.25, 0.3) is 0 Å². The summed E-state index contributed by atoms with van der Waals surface area (Å²) in [6, 6.07) is 0.511. The van der Waals surface area contributed by atoms with Gasteiger partial charge in [0.05, 0.1) is 21.3 Å². The summed E-state index contributed by atoms with van der Waals surface area (Å²) in [7, 11) is 1.66. The minimum atomic E-state index is -1.26. The number of rotatable bonds is 6. The van der Waals surface area contributed by atoms with Gasteiger partial charge >= 0.3 is 5.97 Å². The van der Waals surface area contributed by atoms with Crippen molar-refractivity contribution in [1.82, 2.24) is 9.88 Å². The highest BCUT2D eigenvalue weighted by Gasteiger charge is 2.18. The van der Waals surface area contributed by atoms with Crippen LogP contribution < -0.4 is 0 Å². The van der Waals surface area contributed by atoms with Gasteiger partial charge in [-0.15, -0.1) is 11.3 Å². The fourth-order valence-electron chi connectivity index (χ4n) is 2.03. The fraction of sp³-hybridized carbons (Fsp3) is 0.400. The number of ether oxygens (including phenoxy) is 1. The first-order valence-corrected chi connectivity index (χ1v) is 8.38. The largest absolute Gasteiger partial charge is 0.465 e. The summed E-state index contributed by atoms with van der Waals surface area (Å²) in [5.74, 6) is -3.64. The first kappa shape index (κ1) is 18.6. The fourth-order valence-corrected chi connectivity index (χ4v) is 3.16. The van der Waals surface area contributed by atoms with Crippen LogP contribution in [-0.4, -0.2) is 41.0 Å². The lowest BCUT2D eigenvalue weighted by molar-refractivity contribution is -0.143. The monoisotopic (exact) mass is 376 g/mol. The second-order valence-corrected chi connectivity index (χ2v) is 6.55. The second-order valence-electron chi connectivity index (χ2n) is 4.99. The van der Waals surface area contributed by atoms with E-state index in [1.807, 2.05) is 0 Å². The Morgan fingerprint density at radius 3 is 2.75 bits per heavy atom. The molecule has 0 unspecified atom stereocenters. The lowest BCUT2D eigenvalue weighted by atomic mass is 10.3. The van der Waals surface area contributed by atoms with Gasteiger partial charge in [-0.05, 0) is 6.92 Å². The summed E-state index contributed by atoms with van der Waals surface area (Å²) in [6.45, 7) is 2.03. The van der Waals surface area contributed by atoms with Gasteiger partial charge in [0.1, 0.15) is 17.9 Å². The smallest absolute Gasteiger partial charge is 0.325 e. The molecule has 1 aromatic carbocycles. The molecule has 0 aliphatic heterocycles. The molecule has 2 rings (SSSR count). The van der Waals surface area contributed by atoms with Crippen LogP contribution in [0.3, 0.4) is 0 Å². The predicted octanol–water partition coefficient (Wildman–Crippen LogP) is 3.47.